The molecule has 0 aromatic heterocycles. The molecular weight excluding hydrogens is 241 g/mol. The lowest BCUT2D eigenvalue weighted by Crippen LogP contribution is -2.27. The van der Waals surface area contributed by atoms with Gasteiger partial charge in [0.05, 0.1) is 5.02 Å². The number of hydrogen-bond donors (Lipinski definition) is 1. The van der Waals surface area contributed by atoms with Crippen LogP contribution in [0.1, 0.15) is 19.4 Å². The fourth-order valence-corrected chi connectivity index (χ4v) is 1.62. The summed E-state index contributed by atoms with van der Waals surface area (Å²) in [5.74, 6) is -0.433. The highest BCUT2D eigenvalue weighted by atomic mass is 35.5. The van der Waals surface area contributed by atoms with Crippen LogP contribution in [-0.4, -0.2) is 18.9 Å². The molecule has 4 heteroatoms. The monoisotopic (exact) mass is 257 g/mol. The normalized spacial score (nSPS) is 12.5. The predicted octanol–water partition coefficient (Wildman–Crippen LogP) is 2.84. The van der Waals surface area contributed by atoms with Crippen LogP contribution in [0.4, 0.5) is 4.39 Å². The molecule has 1 N–H and O–H groups in total. The molecule has 1 rings (SSSR count). The molecule has 17 heavy (non-hydrogen) atoms. The Kier molecular flexibility index (Phi) is 5.59. The summed E-state index contributed by atoms with van der Waals surface area (Å²) in [5.41, 5.74) is 0.667. The summed E-state index contributed by atoms with van der Waals surface area (Å²) < 4.78 is 13.2. The van der Waals surface area contributed by atoms with Crippen molar-refractivity contribution in [1.82, 2.24) is 5.32 Å². The van der Waals surface area contributed by atoms with Crippen LogP contribution in [0.25, 0.3) is 0 Å². The van der Waals surface area contributed by atoms with Gasteiger partial charge in [0.25, 0.3) is 0 Å². The Balaban J connectivity index is 2.58. The highest BCUT2D eigenvalue weighted by Crippen LogP contribution is 2.16. The van der Waals surface area contributed by atoms with Crippen molar-refractivity contribution in [2.24, 2.45) is 5.92 Å². The molecule has 1 atom stereocenters. The number of rotatable bonds is 6. The molecule has 1 unspecified atom stereocenters. The number of hydrogen-bond acceptors (Lipinski definition) is 2. The summed E-state index contributed by atoms with van der Waals surface area (Å²) in [6.07, 6.45) is 0.251. The standard InChI is InChI=1S/C13H17ClFNO/c1-3-16-8-9(2)13(17)7-10-4-5-11(14)12(15)6-10/h4-6,9,16H,3,7-8H2,1-2H3. The smallest absolute Gasteiger partial charge is 0.142 e. The maximum absolute atomic E-state index is 13.2. The largest absolute Gasteiger partial charge is 0.316 e. The second-order valence-electron chi connectivity index (χ2n) is 4.10. The van der Waals surface area contributed by atoms with Crippen LogP contribution in [0.2, 0.25) is 5.02 Å². The van der Waals surface area contributed by atoms with Gasteiger partial charge < -0.3 is 5.32 Å². The molecule has 0 aliphatic carbocycles. The molecule has 0 heterocycles. The van der Waals surface area contributed by atoms with Crippen molar-refractivity contribution in [1.29, 1.82) is 0 Å². The molecule has 0 spiro atoms. The lowest BCUT2D eigenvalue weighted by molar-refractivity contribution is -0.121. The van der Waals surface area contributed by atoms with Crippen LogP contribution in [0.3, 0.4) is 0 Å². The van der Waals surface area contributed by atoms with Gasteiger partial charge in [-0.15, -0.1) is 0 Å². The first-order chi connectivity index (χ1) is 8.04. The Bertz CT molecular complexity index is 395. The van der Waals surface area contributed by atoms with Gasteiger partial charge in [-0.25, -0.2) is 4.39 Å². The Morgan fingerprint density at radius 3 is 2.82 bits per heavy atom. The third-order valence-corrected chi connectivity index (χ3v) is 2.92. The zero-order chi connectivity index (χ0) is 12.8. The minimum absolute atomic E-state index is 0.0614. The number of halogens is 2. The van der Waals surface area contributed by atoms with E-state index in [4.69, 9.17) is 11.6 Å². The lowest BCUT2D eigenvalue weighted by Gasteiger charge is -2.10. The average molecular weight is 258 g/mol. The molecule has 2 nitrogen and oxygen atoms in total. The van der Waals surface area contributed by atoms with Crippen LogP contribution in [0.5, 0.6) is 0 Å². The fraction of sp³-hybridized carbons (Fsp3) is 0.462. The minimum atomic E-state index is -0.476. The van der Waals surface area contributed by atoms with Crippen molar-refractivity contribution < 1.29 is 9.18 Å². The minimum Gasteiger partial charge on any atom is -0.316 e. The summed E-state index contributed by atoms with van der Waals surface area (Å²) in [5, 5.41) is 3.20. The first-order valence-corrected chi connectivity index (χ1v) is 6.09. The molecule has 0 amide bonds. The highest BCUT2D eigenvalue weighted by Gasteiger charge is 2.13. The van der Waals surface area contributed by atoms with E-state index in [1.165, 1.54) is 12.1 Å². The number of carbonyl (C=O) groups is 1. The maximum atomic E-state index is 13.2. The van der Waals surface area contributed by atoms with Crippen LogP contribution in [-0.2, 0) is 11.2 Å². The molecule has 1 aromatic carbocycles. The summed E-state index contributed by atoms with van der Waals surface area (Å²) in [6.45, 7) is 5.36. The van der Waals surface area contributed by atoms with Crippen molar-refractivity contribution in [3.63, 3.8) is 0 Å². The Morgan fingerprint density at radius 2 is 2.24 bits per heavy atom. The second-order valence-corrected chi connectivity index (χ2v) is 4.51. The van der Waals surface area contributed by atoms with E-state index in [-0.39, 0.29) is 23.1 Å². The number of benzene rings is 1. The van der Waals surface area contributed by atoms with Crippen LogP contribution in [0, 0.1) is 11.7 Å². The Hall–Kier alpha value is -0.930. The number of carbonyl (C=O) groups excluding carboxylic acids is 1. The van der Waals surface area contributed by atoms with Crippen molar-refractivity contribution in [2.45, 2.75) is 20.3 Å². The zero-order valence-corrected chi connectivity index (χ0v) is 10.9. The first kappa shape index (κ1) is 14.1. The first-order valence-electron chi connectivity index (χ1n) is 5.72. The number of Topliss-reactive ketones (excluding diaryl/α,β-unsaturated/α-hetero) is 1. The maximum Gasteiger partial charge on any atom is 0.142 e. The topological polar surface area (TPSA) is 29.1 Å². The van der Waals surface area contributed by atoms with Crippen molar-refractivity contribution >= 4 is 17.4 Å². The van der Waals surface area contributed by atoms with E-state index in [9.17, 15) is 9.18 Å². The average Bonchev–Trinajstić information content (AvgIpc) is 2.30. The molecule has 0 aliphatic rings. The van der Waals surface area contributed by atoms with Crippen molar-refractivity contribution in [2.75, 3.05) is 13.1 Å². The van der Waals surface area contributed by atoms with Gasteiger partial charge in [-0.05, 0) is 24.2 Å². The second kappa shape index (κ2) is 6.72. The summed E-state index contributed by atoms with van der Waals surface area (Å²) in [6, 6.07) is 4.48. The van der Waals surface area contributed by atoms with E-state index in [0.717, 1.165) is 6.54 Å². The van der Waals surface area contributed by atoms with Gasteiger partial charge in [-0.2, -0.15) is 0 Å². The van der Waals surface area contributed by atoms with E-state index < -0.39 is 5.82 Å². The molecule has 94 valence electrons. The summed E-state index contributed by atoms with van der Waals surface area (Å²) >= 11 is 5.58. The van der Waals surface area contributed by atoms with Crippen LogP contribution < -0.4 is 5.32 Å². The Labute approximate surface area is 106 Å². The Morgan fingerprint density at radius 1 is 1.53 bits per heavy atom. The van der Waals surface area contributed by atoms with E-state index in [1.807, 2.05) is 13.8 Å². The SMILES string of the molecule is CCNCC(C)C(=O)Cc1ccc(Cl)c(F)c1. The summed E-state index contributed by atoms with van der Waals surface area (Å²) in [4.78, 5) is 11.8. The number of nitrogens with one attached hydrogen (secondary N) is 1. The molecular formula is C13H17ClFNO. The fourth-order valence-electron chi connectivity index (χ4n) is 1.50. The molecule has 0 radical (unpaired) electrons. The van der Waals surface area contributed by atoms with Gasteiger partial charge in [-0.3, -0.25) is 4.79 Å². The van der Waals surface area contributed by atoms with Crippen LogP contribution >= 0.6 is 11.6 Å². The predicted molar refractivity (Wildman–Crippen MR) is 67.8 cm³/mol. The molecule has 0 fully saturated rings. The van der Waals surface area contributed by atoms with Crippen LogP contribution in [0.15, 0.2) is 18.2 Å². The van der Waals surface area contributed by atoms with E-state index in [1.54, 1.807) is 6.07 Å². The van der Waals surface area contributed by atoms with Crippen molar-refractivity contribution in [3.8, 4) is 0 Å². The van der Waals surface area contributed by atoms with Gasteiger partial charge >= 0.3 is 0 Å². The summed E-state index contributed by atoms with van der Waals surface area (Å²) in [7, 11) is 0. The molecule has 1 aromatic rings. The molecule has 0 saturated carbocycles. The third kappa shape index (κ3) is 4.44. The van der Waals surface area contributed by atoms with Gasteiger partial charge in [-0.1, -0.05) is 31.5 Å². The molecule has 0 bridgehead atoms. The lowest BCUT2D eigenvalue weighted by atomic mass is 9.99. The van der Waals surface area contributed by atoms with Gasteiger partial charge in [0.1, 0.15) is 11.6 Å². The van der Waals surface area contributed by atoms with E-state index >= 15 is 0 Å². The molecule has 0 aliphatic heterocycles. The molecule has 0 saturated heterocycles. The highest BCUT2D eigenvalue weighted by molar-refractivity contribution is 6.30. The zero-order valence-electron chi connectivity index (χ0n) is 10.1. The van der Waals surface area contributed by atoms with E-state index in [0.29, 0.717) is 12.1 Å². The van der Waals surface area contributed by atoms with Gasteiger partial charge in [0.2, 0.25) is 0 Å². The van der Waals surface area contributed by atoms with Crippen molar-refractivity contribution in [3.05, 3.63) is 34.6 Å². The number of ketones is 1. The van der Waals surface area contributed by atoms with Gasteiger partial charge in [0, 0.05) is 18.9 Å². The third-order valence-electron chi connectivity index (χ3n) is 2.61. The van der Waals surface area contributed by atoms with Gasteiger partial charge in [0.15, 0.2) is 0 Å². The quantitative estimate of drug-likeness (QED) is 0.849. The van der Waals surface area contributed by atoms with E-state index in [2.05, 4.69) is 5.32 Å².